The number of hydrogen-bond donors (Lipinski definition) is 1. The first-order valence-electron chi connectivity index (χ1n) is 11.3. The van der Waals surface area contributed by atoms with Crippen LogP contribution < -0.4 is 0 Å². The van der Waals surface area contributed by atoms with Crippen molar-refractivity contribution in [2.24, 2.45) is 0 Å². The van der Waals surface area contributed by atoms with E-state index in [1.165, 1.54) is 0 Å². The van der Waals surface area contributed by atoms with Gasteiger partial charge in [0.2, 0.25) is 0 Å². The molecule has 2 heterocycles. The second-order valence-corrected chi connectivity index (χ2v) is 11.3. The summed E-state index contributed by atoms with van der Waals surface area (Å²) in [5.74, 6) is -0.546. The molecule has 0 amide bonds. The maximum Gasteiger partial charge on any atom is 0.168 e. The van der Waals surface area contributed by atoms with Crippen LogP contribution in [0.1, 0.15) is 79.1 Å². The van der Waals surface area contributed by atoms with Gasteiger partial charge in [-0.1, -0.05) is 36.4 Å². The second-order valence-electron chi connectivity index (χ2n) is 8.84. The molecule has 0 bridgehead atoms. The molecule has 0 unspecified atom stereocenters. The molecule has 2 aliphatic carbocycles. The molecule has 4 fully saturated rings. The molecule has 0 aromatic heterocycles. The summed E-state index contributed by atoms with van der Waals surface area (Å²) in [5, 5.41) is 9.24. The Labute approximate surface area is 190 Å². The lowest BCUT2D eigenvalue weighted by molar-refractivity contribution is -0.194. The Hall–Kier alpha value is 0.490. The molecule has 7 heteroatoms. The lowest BCUT2D eigenvalue weighted by Gasteiger charge is -2.35. The topological polar surface area (TPSA) is 66.4 Å². The summed E-state index contributed by atoms with van der Waals surface area (Å²) in [4.78, 5) is 0. The molecular formula is C22H41IO6. The quantitative estimate of drug-likeness (QED) is 0.418. The van der Waals surface area contributed by atoms with Crippen molar-refractivity contribution in [2.45, 2.75) is 113 Å². The van der Waals surface area contributed by atoms with Crippen LogP contribution in [0.15, 0.2) is 0 Å². The molecule has 172 valence electrons. The zero-order valence-corrected chi connectivity index (χ0v) is 20.8. The maximum absolute atomic E-state index is 9.24. The molecule has 29 heavy (non-hydrogen) atoms. The van der Waals surface area contributed by atoms with Gasteiger partial charge in [0.15, 0.2) is 11.6 Å². The van der Waals surface area contributed by atoms with E-state index in [1.54, 1.807) is 0 Å². The molecule has 2 spiro atoms. The summed E-state index contributed by atoms with van der Waals surface area (Å²) >= 11 is 2.34. The molecule has 0 aromatic rings. The van der Waals surface area contributed by atoms with Crippen LogP contribution in [0, 0.1) is 0 Å². The number of halogens is 1. The fourth-order valence-corrected chi connectivity index (χ4v) is 4.17. The van der Waals surface area contributed by atoms with Crippen molar-refractivity contribution in [1.82, 2.24) is 0 Å². The Balaban J connectivity index is 0.000000179. The van der Waals surface area contributed by atoms with Gasteiger partial charge in [0.1, 0.15) is 0 Å². The fourth-order valence-electron chi connectivity index (χ4n) is 4.17. The Morgan fingerprint density at radius 1 is 0.759 bits per heavy atom. The van der Waals surface area contributed by atoms with Crippen molar-refractivity contribution in [1.29, 1.82) is 0 Å². The van der Waals surface area contributed by atoms with Crippen LogP contribution in [0.3, 0.4) is 0 Å². The molecule has 2 saturated heterocycles. The smallest absolute Gasteiger partial charge is 0.168 e. The lowest BCUT2D eigenvalue weighted by atomic mass is 9.91. The summed E-state index contributed by atoms with van der Waals surface area (Å²) in [7, 11) is 0. The average molecular weight is 528 g/mol. The Morgan fingerprint density at radius 2 is 1.10 bits per heavy atom. The van der Waals surface area contributed by atoms with E-state index in [0.717, 1.165) is 81.7 Å². The summed E-state index contributed by atoms with van der Waals surface area (Å²) in [6.07, 6.45) is 8.08. The summed E-state index contributed by atoms with van der Waals surface area (Å²) < 4.78 is 28.9. The minimum atomic E-state index is -0.306. The first-order valence-corrected chi connectivity index (χ1v) is 12.5. The van der Waals surface area contributed by atoms with Crippen LogP contribution in [0.2, 0.25) is 0 Å². The predicted octanol–water partition coefficient (Wildman–Crippen LogP) is 4.59. The number of alkyl halides is 1. The standard InChI is InChI=1S/C11H20O3.C8H14O3.C3H7I/c1-9(2)14-10-3-5-11(6-4-10)12-7-8-13-11;9-7-1-3-8(4-2-7)10-5-6-11-8;1-3(2)4/h9-10H,3-8H2,1-2H3;7,9H,1-6H2;3H,1-2H3. The molecule has 4 rings (SSSR count). The number of rotatable bonds is 2. The van der Waals surface area contributed by atoms with Crippen LogP contribution in [0.25, 0.3) is 0 Å². The van der Waals surface area contributed by atoms with Crippen LogP contribution in [-0.2, 0) is 23.7 Å². The van der Waals surface area contributed by atoms with Crippen LogP contribution >= 0.6 is 22.6 Å². The molecule has 0 atom stereocenters. The molecule has 0 radical (unpaired) electrons. The third-order valence-corrected chi connectivity index (χ3v) is 5.50. The highest BCUT2D eigenvalue weighted by Gasteiger charge is 2.41. The molecule has 6 nitrogen and oxygen atoms in total. The third-order valence-electron chi connectivity index (χ3n) is 5.50. The summed E-state index contributed by atoms with van der Waals surface area (Å²) in [6, 6.07) is 0. The zero-order valence-electron chi connectivity index (χ0n) is 18.7. The second kappa shape index (κ2) is 12.5. The lowest BCUT2D eigenvalue weighted by Crippen LogP contribution is -2.38. The Bertz CT molecular complexity index is 424. The van der Waals surface area contributed by atoms with Gasteiger partial charge in [0.05, 0.1) is 44.7 Å². The monoisotopic (exact) mass is 528 g/mol. The van der Waals surface area contributed by atoms with Crippen molar-refractivity contribution in [3.05, 3.63) is 0 Å². The maximum atomic E-state index is 9.24. The van der Waals surface area contributed by atoms with Gasteiger partial charge in [0.25, 0.3) is 0 Å². The van der Waals surface area contributed by atoms with Crippen molar-refractivity contribution in [3.8, 4) is 0 Å². The van der Waals surface area contributed by atoms with Crippen molar-refractivity contribution < 1.29 is 28.8 Å². The van der Waals surface area contributed by atoms with Gasteiger partial charge in [-0.05, 0) is 39.5 Å². The van der Waals surface area contributed by atoms with Crippen LogP contribution in [0.5, 0.6) is 0 Å². The van der Waals surface area contributed by atoms with E-state index < -0.39 is 0 Å². The highest BCUT2D eigenvalue weighted by atomic mass is 127. The zero-order chi connectivity index (χ0) is 21.3. The van der Waals surface area contributed by atoms with E-state index in [-0.39, 0.29) is 17.7 Å². The van der Waals surface area contributed by atoms with Gasteiger partial charge < -0.3 is 28.8 Å². The van der Waals surface area contributed by atoms with Crippen LogP contribution in [-0.4, -0.2) is 65.3 Å². The van der Waals surface area contributed by atoms with E-state index in [1.807, 2.05) is 0 Å². The Morgan fingerprint density at radius 3 is 1.45 bits per heavy atom. The number of aliphatic hydroxyl groups is 1. The molecule has 2 aliphatic heterocycles. The van der Waals surface area contributed by atoms with Gasteiger partial charge >= 0.3 is 0 Å². The van der Waals surface area contributed by atoms with Gasteiger partial charge in [-0.3, -0.25) is 0 Å². The number of hydrogen-bond acceptors (Lipinski definition) is 6. The first kappa shape index (κ1) is 25.7. The van der Waals surface area contributed by atoms with Crippen molar-refractivity contribution in [2.75, 3.05) is 26.4 Å². The summed E-state index contributed by atoms with van der Waals surface area (Å²) in [6.45, 7) is 11.4. The molecular weight excluding hydrogens is 487 g/mol. The average Bonchev–Trinajstić information content (AvgIpc) is 3.30. The highest BCUT2D eigenvalue weighted by Crippen LogP contribution is 2.37. The molecule has 1 N–H and O–H groups in total. The van der Waals surface area contributed by atoms with Gasteiger partial charge in [-0.2, -0.15) is 0 Å². The van der Waals surface area contributed by atoms with Crippen molar-refractivity contribution >= 4 is 22.6 Å². The minimum Gasteiger partial charge on any atom is -0.393 e. The van der Waals surface area contributed by atoms with E-state index >= 15 is 0 Å². The van der Waals surface area contributed by atoms with E-state index in [0.29, 0.717) is 12.2 Å². The minimum absolute atomic E-state index is 0.131. The number of ether oxygens (including phenoxy) is 5. The van der Waals surface area contributed by atoms with Crippen molar-refractivity contribution in [3.63, 3.8) is 0 Å². The van der Waals surface area contributed by atoms with E-state index in [4.69, 9.17) is 23.7 Å². The normalized spacial score (nSPS) is 28.3. The largest absolute Gasteiger partial charge is 0.393 e. The number of aliphatic hydroxyl groups excluding tert-OH is 1. The van der Waals surface area contributed by atoms with Gasteiger partial charge in [-0.15, -0.1) is 0 Å². The SMILES string of the molecule is CC(C)I.CC(C)OC1CCC2(CC1)OCCO2.OC1CCC2(CC1)OCCO2. The van der Waals surface area contributed by atoms with Gasteiger partial charge in [0, 0.05) is 29.6 Å². The Kier molecular flexibility index (Phi) is 11.1. The molecule has 2 saturated carbocycles. The van der Waals surface area contributed by atoms with Gasteiger partial charge in [-0.25, -0.2) is 0 Å². The predicted molar refractivity (Wildman–Crippen MR) is 121 cm³/mol. The van der Waals surface area contributed by atoms with E-state index in [9.17, 15) is 5.11 Å². The fraction of sp³-hybridized carbons (Fsp3) is 1.00. The summed E-state index contributed by atoms with van der Waals surface area (Å²) in [5.41, 5.74) is 0. The third kappa shape index (κ3) is 9.25. The first-order chi connectivity index (χ1) is 13.7. The molecule has 0 aromatic carbocycles. The highest BCUT2D eigenvalue weighted by molar-refractivity contribution is 14.1. The van der Waals surface area contributed by atoms with E-state index in [2.05, 4.69) is 50.3 Å². The molecule has 4 aliphatic rings. The van der Waals surface area contributed by atoms with Crippen LogP contribution in [0.4, 0.5) is 0 Å².